The molecule has 0 aromatic heterocycles. The minimum absolute atomic E-state index is 0.313. The van der Waals surface area contributed by atoms with Crippen LogP contribution in [0.2, 0.25) is 0 Å². The summed E-state index contributed by atoms with van der Waals surface area (Å²) in [6.45, 7) is 3.97. The first-order chi connectivity index (χ1) is 8.74. The third-order valence-corrected chi connectivity index (χ3v) is 3.92. The van der Waals surface area contributed by atoms with Crippen LogP contribution in [0.25, 0.3) is 0 Å². The van der Waals surface area contributed by atoms with Gasteiger partial charge in [-0.3, -0.25) is 5.43 Å². The van der Waals surface area contributed by atoms with E-state index in [-0.39, 0.29) is 0 Å². The Kier molecular flexibility index (Phi) is 5.38. The maximum Gasteiger partial charge on any atom is 0.187 e. The van der Waals surface area contributed by atoms with Gasteiger partial charge in [-0.15, -0.1) is 0 Å². The maximum atomic E-state index is 5.52. The van der Waals surface area contributed by atoms with Gasteiger partial charge < -0.3 is 10.1 Å². The molecule has 0 amide bonds. The Morgan fingerprint density at radius 1 is 1.39 bits per heavy atom. The van der Waals surface area contributed by atoms with Crippen LogP contribution in [0.1, 0.15) is 45.4 Å². The molecule has 2 N–H and O–H groups in total. The molecule has 1 unspecified atom stereocenters. The highest BCUT2D eigenvalue weighted by Gasteiger charge is 2.15. The highest BCUT2D eigenvalue weighted by molar-refractivity contribution is 7.80. The molecular weight excluding hydrogens is 246 g/mol. The zero-order valence-electron chi connectivity index (χ0n) is 11.1. The van der Waals surface area contributed by atoms with E-state index in [2.05, 4.69) is 22.8 Å². The van der Waals surface area contributed by atoms with Gasteiger partial charge in [0, 0.05) is 18.9 Å². The van der Waals surface area contributed by atoms with Gasteiger partial charge in [-0.1, -0.05) is 6.92 Å². The summed E-state index contributed by atoms with van der Waals surface area (Å²) in [5.41, 5.74) is 4.19. The lowest BCUT2D eigenvalue weighted by atomic mass is 9.90. The molecular formula is C13H23N3OS. The van der Waals surface area contributed by atoms with Crippen molar-refractivity contribution in [1.29, 1.82) is 0 Å². The minimum atomic E-state index is 0.313. The van der Waals surface area contributed by atoms with Gasteiger partial charge in [0.1, 0.15) is 0 Å². The van der Waals surface area contributed by atoms with Crippen LogP contribution in [0.3, 0.4) is 0 Å². The van der Waals surface area contributed by atoms with Crippen LogP contribution >= 0.6 is 12.2 Å². The van der Waals surface area contributed by atoms with E-state index >= 15 is 0 Å². The zero-order valence-corrected chi connectivity index (χ0v) is 11.9. The van der Waals surface area contributed by atoms with E-state index in [0.717, 1.165) is 44.8 Å². The topological polar surface area (TPSA) is 45.7 Å². The normalized spacial score (nSPS) is 27.9. The number of hydrazone groups is 1. The second kappa shape index (κ2) is 7.04. The predicted octanol–water partition coefficient (Wildman–Crippen LogP) is 2.20. The zero-order chi connectivity index (χ0) is 12.8. The molecule has 4 nitrogen and oxygen atoms in total. The standard InChI is InChI=1S/C13H23N3OS/c1-10-4-6-11(7-5-10)15-16-13(18)14-9-12-3-2-8-17-12/h10,12H,2-9H2,1H3,(H2,14,16,18). The molecule has 0 spiro atoms. The van der Waals surface area contributed by atoms with Gasteiger partial charge in [-0.2, -0.15) is 5.10 Å². The van der Waals surface area contributed by atoms with Crippen LogP contribution in [0.4, 0.5) is 0 Å². The fraction of sp³-hybridized carbons (Fsp3) is 0.846. The number of rotatable bonds is 3. The summed E-state index contributed by atoms with van der Waals surface area (Å²) in [5, 5.41) is 8.15. The molecule has 2 aliphatic rings. The summed E-state index contributed by atoms with van der Waals surface area (Å²) in [6, 6.07) is 0. The van der Waals surface area contributed by atoms with E-state index in [9.17, 15) is 0 Å². The number of nitrogens with one attached hydrogen (secondary N) is 2. The van der Waals surface area contributed by atoms with Crippen molar-refractivity contribution >= 4 is 23.0 Å². The largest absolute Gasteiger partial charge is 0.376 e. The first-order valence-electron chi connectivity index (χ1n) is 6.95. The SMILES string of the molecule is CC1CCC(=NNC(=S)NCC2CCCO2)CC1. The van der Waals surface area contributed by atoms with Crippen molar-refractivity contribution in [2.45, 2.75) is 51.6 Å². The van der Waals surface area contributed by atoms with Crippen molar-refractivity contribution in [2.24, 2.45) is 11.0 Å². The monoisotopic (exact) mass is 269 g/mol. The van der Waals surface area contributed by atoms with Crippen LogP contribution in [0, 0.1) is 5.92 Å². The fourth-order valence-electron chi connectivity index (χ4n) is 2.39. The second-order valence-electron chi connectivity index (χ2n) is 5.32. The smallest absolute Gasteiger partial charge is 0.187 e. The predicted molar refractivity (Wildman–Crippen MR) is 77.8 cm³/mol. The number of thiocarbonyl (C=S) groups is 1. The lowest BCUT2D eigenvalue weighted by Gasteiger charge is -2.19. The van der Waals surface area contributed by atoms with Crippen molar-refractivity contribution < 1.29 is 4.74 Å². The third-order valence-electron chi connectivity index (χ3n) is 3.68. The number of hydrogen-bond donors (Lipinski definition) is 2. The van der Waals surface area contributed by atoms with Crippen LogP contribution in [0.15, 0.2) is 5.10 Å². The summed E-state index contributed by atoms with van der Waals surface area (Å²) in [6.07, 6.45) is 7.29. The van der Waals surface area contributed by atoms with Crippen LogP contribution in [-0.4, -0.2) is 30.1 Å². The van der Waals surface area contributed by atoms with Crippen molar-refractivity contribution in [3.05, 3.63) is 0 Å². The second-order valence-corrected chi connectivity index (χ2v) is 5.73. The Bertz CT molecular complexity index is 303. The van der Waals surface area contributed by atoms with E-state index in [4.69, 9.17) is 17.0 Å². The number of hydrogen-bond acceptors (Lipinski definition) is 3. The van der Waals surface area contributed by atoms with Gasteiger partial charge in [-0.25, -0.2) is 0 Å². The maximum absolute atomic E-state index is 5.52. The van der Waals surface area contributed by atoms with Gasteiger partial charge in [-0.05, 0) is 56.7 Å². The van der Waals surface area contributed by atoms with Gasteiger partial charge in [0.2, 0.25) is 0 Å². The summed E-state index contributed by atoms with van der Waals surface area (Å²) in [4.78, 5) is 0. The van der Waals surface area contributed by atoms with E-state index < -0.39 is 0 Å². The lowest BCUT2D eigenvalue weighted by Crippen LogP contribution is -2.37. The molecule has 0 bridgehead atoms. The Balaban J connectivity index is 1.63. The van der Waals surface area contributed by atoms with E-state index in [1.54, 1.807) is 0 Å². The van der Waals surface area contributed by atoms with Crippen molar-refractivity contribution in [3.63, 3.8) is 0 Å². The van der Waals surface area contributed by atoms with Crippen LogP contribution < -0.4 is 10.7 Å². The molecule has 1 atom stereocenters. The van der Waals surface area contributed by atoms with Gasteiger partial charge >= 0.3 is 0 Å². The molecule has 2 fully saturated rings. The summed E-state index contributed by atoms with van der Waals surface area (Å²) in [5.74, 6) is 0.841. The highest BCUT2D eigenvalue weighted by atomic mass is 32.1. The minimum Gasteiger partial charge on any atom is -0.376 e. The van der Waals surface area contributed by atoms with Crippen LogP contribution in [-0.2, 0) is 4.74 Å². The van der Waals surface area contributed by atoms with E-state index in [1.165, 1.54) is 18.6 Å². The van der Waals surface area contributed by atoms with Crippen molar-refractivity contribution in [3.8, 4) is 0 Å². The molecule has 0 aromatic carbocycles. The molecule has 1 aliphatic carbocycles. The Labute approximate surface area is 115 Å². The Hall–Kier alpha value is -0.680. The molecule has 18 heavy (non-hydrogen) atoms. The first kappa shape index (κ1) is 13.7. The van der Waals surface area contributed by atoms with Crippen molar-refractivity contribution in [1.82, 2.24) is 10.7 Å². The first-order valence-corrected chi connectivity index (χ1v) is 7.35. The third kappa shape index (κ3) is 4.53. The summed E-state index contributed by atoms with van der Waals surface area (Å²) >= 11 is 5.20. The van der Waals surface area contributed by atoms with Gasteiger partial charge in [0.15, 0.2) is 5.11 Å². The van der Waals surface area contributed by atoms with E-state index in [0.29, 0.717) is 11.2 Å². The number of nitrogens with zero attached hydrogens (tertiary/aromatic N) is 1. The lowest BCUT2D eigenvalue weighted by molar-refractivity contribution is 0.114. The fourth-order valence-corrected chi connectivity index (χ4v) is 2.52. The molecule has 102 valence electrons. The van der Waals surface area contributed by atoms with E-state index in [1.807, 2.05) is 0 Å². The van der Waals surface area contributed by atoms with Crippen molar-refractivity contribution in [2.75, 3.05) is 13.2 Å². The molecule has 0 radical (unpaired) electrons. The molecule has 1 saturated heterocycles. The molecule has 1 heterocycles. The average molecular weight is 269 g/mol. The van der Waals surface area contributed by atoms with Gasteiger partial charge in [0.05, 0.1) is 6.10 Å². The van der Waals surface area contributed by atoms with Crippen LogP contribution in [0.5, 0.6) is 0 Å². The molecule has 1 aliphatic heterocycles. The molecule has 1 saturated carbocycles. The summed E-state index contributed by atoms with van der Waals surface area (Å²) < 4.78 is 5.52. The Morgan fingerprint density at radius 2 is 2.17 bits per heavy atom. The molecule has 5 heteroatoms. The van der Waals surface area contributed by atoms with Gasteiger partial charge in [0.25, 0.3) is 0 Å². The average Bonchev–Trinajstić information content (AvgIpc) is 2.89. The molecule has 2 rings (SSSR count). The Morgan fingerprint density at radius 3 is 2.83 bits per heavy atom. The number of ether oxygens (including phenoxy) is 1. The quantitative estimate of drug-likeness (QED) is 0.609. The summed E-state index contributed by atoms with van der Waals surface area (Å²) in [7, 11) is 0. The molecule has 0 aromatic rings. The highest BCUT2D eigenvalue weighted by Crippen LogP contribution is 2.20.